The molecule has 1 fully saturated rings. The van der Waals surface area contributed by atoms with Gasteiger partial charge in [0.1, 0.15) is 17.2 Å². The standard InChI is InChI=1S/C20H27N5OS/c1-21-19(26)12-4-9-16-15(10-12)17-18(22-11-23-20(17)27-16)24-13-5-7-14(8-6-13)25(2)3/h4,9-11,13-16H,5-8H2,1-3H3,(H,21,26)(H,22,23,24)/t13-,14-,15?,16?. The molecule has 2 unspecified atom stereocenters. The Balaban J connectivity index is 1.55. The smallest absolute Gasteiger partial charge is 0.250 e. The maximum Gasteiger partial charge on any atom is 0.250 e. The van der Waals surface area contributed by atoms with E-state index in [1.165, 1.54) is 12.8 Å². The zero-order valence-electron chi connectivity index (χ0n) is 16.1. The lowest BCUT2D eigenvalue weighted by Crippen LogP contribution is -2.36. The van der Waals surface area contributed by atoms with E-state index in [1.807, 2.05) is 6.08 Å². The van der Waals surface area contributed by atoms with Crippen LogP contribution in [0.15, 0.2) is 35.2 Å². The van der Waals surface area contributed by atoms with Crippen molar-refractivity contribution < 1.29 is 4.79 Å². The molecule has 2 N–H and O–H groups in total. The highest BCUT2D eigenvalue weighted by Gasteiger charge is 2.37. The number of fused-ring (bicyclic) bond motifs is 3. The van der Waals surface area contributed by atoms with Gasteiger partial charge in [-0.15, -0.1) is 0 Å². The van der Waals surface area contributed by atoms with Crippen molar-refractivity contribution in [2.45, 2.75) is 54.0 Å². The largest absolute Gasteiger partial charge is 0.367 e. The average Bonchev–Trinajstić information content (AvgIpc) is 3.06. The lowest BCUT2D eigenvalue weighted by molar-refractivity contribution is -0.116. The van der Waals surface area contributed by atoms with Crippen LogP contribution in [0.4, 0.5) is 5.82 Å². The molecule has 0 bridgehead atoms. The van der Waals surface area contributed by atoms with Gasteiger partial charge in [0.25, 0.3) is 5.91 Å². The van der Waals surface area contributed by atoms with Crippen molar-refractivity contribution in [1.82, 2.24) is 20.2 Å². The minimum atomic E-state index is -0.0449. The first kappa shape index (κ1) is 18.5. The number of likely N-dealkylation sites (N-methyl/N-ethyl adjacent to an activating group) is 1. The zero-order valence-corrected chi connectivity index (χ0v) is 16.9. The Bertz CT molecular complexity index is 783. The van der Waals surface area contributed by atoms with Gasteiger partial charge in [-0.2, -0.15) is 0 Å². The molecule has 4 rings (SSSR count). The van der Waals surface area contributed by atoms with Crippen molar-refractivity contribution in [3.63, 3.8) is 0 Å². The number of rotatable bonds is 4. The Morgan fingerprint density at radius 1 is 1.22 bits per heavy atom. The molecule has 3 aliphatic rings. The van der Waals surface area contributed by atoms with Crippen LogP contribution >= 0.6 is 11.8 Å². The molecule has 0 radical (unpaired) electrons. The molecule has 0 saturated heterocycles. The maximum atomic E-state index is 12.1. The summed E-state index contributed by atoms with van der Waals surface area (Å²) in [6.45, 7) is 0. The van der Waals surface area contributed by atoms with Gasteiger partial charge in [0.05, 0.1) is 0 Å². The van der Waals surface area contributed by atoms with Crippen LogP contribution in [0.2, 0.25) is 0 Å². The first-order valence-corrected chi connectivity index (χ1v) is 10.5. The first-order valence-electron chi connectivity index (χ1n) is 9.63. The van der Waals surface area contributed by atoms with Gasteiger partial charge >= 0.3 is 0 Å². The van der Waals surface area contributed by atoms with Crippen molar-refractivity contribution in [1.29, 1.82) is 0 Å². The van der Waals surface area contributed by atoms with Gasteiger partial charge in [-0.3, -0.25) is 4.79 Å². The highest BCUT2D eigenvalue weighted by Crippen LogP contribution is 2.50. The molecule has 0 aromatic carbocycles. The van der Waals surface area contributed by atoms with E-state index in [0.717, 1.165) is 29.2 Å². The van der Waals surface area contributed by atoms with E-state index < -0.39 is 0 Å². The highest BCUT2D eigenvalue weighted by atomic mass is 32.2. The maximum absolute atomic E-state index is 12.1. The predicted molar refractivity (Wildman–Crippen MR) is 109 cm³/mol. The molecule has 6 nitrogen and oxygen atoms in total. The lowest BCUT2D eigenvalue weighted by Gasteiger charge is -2.33. The highest BCUT2D eigenvalue weighted by molar-refractivity contribution is 8.00. The molecule has 144 valence electrons. The van der Waals surface area contributed by atoms with E-state index in [1.54, 1.807) is 25.1 Å². The summed E-state index contributed by atoms with van der Waals surface area (Å²) in [5.74, 6) is 1.04. The topological polar surface area (TPSA) is 70.2 Å². The fourth-order valence-electron chi connectivity index (χ4n) is 4.27. The lowest BCUT2D eigenvalue weighted by atomic mass is 9.88. The second-order valence-electron chi connectivity index (χ2n) is 7.72. The number of allylic oxidation sites excluding steroid dienone is 1. The van der Waals surface area contributed by atoms with Gasteiger partial charge in [-0.05, 0) is 39.8 Å². The van der Waals surface area contributed by atoms with Gasteiger partial charge in [0, 0.05) is 41.4 Å². The fraction of sp³-hybridized carbons (Fsp3) is 0.550. The Kier molecular flexibility index (Phi) is 5.23. The van der Waals surface area contributed by atoms with Gasteiger partial charge in [-0.25, -0.2) is 9.97 Å². The molecule has 1 aromatic rings. The summed E-state index contributed by atoms with van der Waals surface area (Å²) in [7, 11) is 6.00. The Labute approximate surface area is 164 Å². The monoisotopic (exact) mass is 385 g/mol. The van der Waals surface area contributed by atoms with Crippen molar-refractivity contribution >= 4 is 23.5 Å². The molecule has 2 heterocycles. The van der Waals surface area contributed by atoms with Gasteiger partial charge < -0.3 is 15.5 Å². The molecule has 1 amide bonds. The summed E-state index contributed by atoms with van der Waals surface area (Å²) < 4.78 is 0. The number of nitrogens with zero attached hydrogens (tertiary/aromatic N) is 3. The van der Waals surface area contributed by atoms with Crippen LogP contribution in [0.1, 0.15) is 37.2 Å². The van der Waals surface area contributed by atoms with Crippen molar-refractivity contribution in [3.8, 4) is 0 Å². The molecule has 2 aliphatic carbocycles. The molecule has 7 heteroatoms. The number of anilines is 1. The molecule has 1 aromatic heterocycles. The minimum Gasteiger partial charge on any atom is -0.367 e. The summed E-state index contributed by atoms with van der Waals surface area (Å²) in [4.78, 5) is 23.5. The number of carbonyl (C=O) groups is 1. The number of amides is 1. The molecule has 1 saturated carbocycles. The fourth-order valence-corrected chi connectivity index (χ4v) is 5.51. The van der Waals surface area contributed by atoms with Crippen LogP contribution in [0.3, 0.4) is 0 Å². The average molecular weight is 386 g/mol. The SMILES string of the molecule is CNC(=O)C1=CC2c3c(N[C@H]4CC[C@H](N(C)C)CC4)ncnc3SC2C=C1. The minimum absolute atomic E-state index is 0.0449. The van der Waals surface area contributed by atoms with Crippen molar-refractivity contribution in [2.75, 3.05) is 26.5 Å². The third kappa shape index (κ3) is 3.62. The number of hydrogen-bond acceptors (Lipinski definition) is 6. The molecule has 1 aliphatic heterocycles. The number of nitrogens with one attached hydrogen (secondary N) is 2. The van der Waals surface area contributed by atoms with E-state index >= 15 is 0 Å². The van der Waals surface area contributed by atoms with Crippen molar-refractivity contribution in [3.05, 3.63) is 35.7 Å². The van der Waals surface area contributed by atoms with Gasteiger partial charge in [-0.1, -0.05) is 30.0 Å². The van der Waals surface area contributed by atoms with E-state index in [4.69, 9.17) is 0 Å². The molecular formula is C20H27N5OS. The molecule has 2 atom stereocenters. The van der Waals surface area contributed by atoms with E-state index in [2.05, 4.69) is 51.7 Å². The molecule has 0 spiro atoms. The summed E-state index contributed by atoms with van der Waals surface area (Å²) in [6.07, 6.45) is 12.5. The van der Waals surface area contributed by atoms with E-state index in [0.29, 0.717) is 17.7 Å². The molecular weight excluding hydrogens is 358 g/mol. The van der Waals surface area contributed by atoms with Crippen molar-refractivity contribution in [2.24, 2.45) is 0 Å². The number of thioether (sulfide) groups is 1. The molecule has 27 heavy (non-hydrogen) atoms. The first-order chi connectivity index (χ1) is 13.1. The van der Waals surface area contributed by atoms with Crippen LogP contribution in [-0.2, 0) is 4.79 Å². The third-order valence-electron chi connectivity index (χ3n) is 5.86. The summed E-state index contributed by atoms with van der Waals surface area (Å²) in [5.41, 5.74) is 1.86. The summed E-state index contributed by atoms with van der Waals surface area (Å²) in [5, 5.41) is 7.73. The Morgan fingerprint density at radius 3 is 2.70 bits per heavy atom. The third-order valence-corrected chi connectivity index (χ3v) is 7.14. The van der Waals surface area contributed by atoms with Gasteiger partial charge in [0.2, 0.25) is 0 Å². The number of aromatic nitrogens is 2. The predicted octanol–water partition coefficient (Wildman–Crippen LogP) is 2.56. The number of hydrogen-bond donors (Lipinski definition) is 2. The quantitative estimate of drug-likeness (QED) is 0.777. The van der Waals surface area contributed by atoms with Crippen LogP contribution in [-0.4, -0.2) is 59.3 Å². The van der Waals surface area contributed by atoms with Crippen LogP contribution in [0, 0.1) is 0 Å². The van der Waals surface area contributed by atoms with Crippen LogP contribution < -0.4 is 10.6 Å². The number of carbonyl (C=O) groups excluding carboxylic acids is 1. The van der Waals surface area contributed by atoms with Crippen LogP contribution in [0.25, 0.3) is 0 Å². The van der Waals surface area contributed by atoms with Gasteiger partial charge in [0.15, 0.2) is 0 Å². The second-order valence-corrected chi connectivity index (χ2v) is 8.89. The van der Waals surface area contributed by atoms with E-state index in [-0.39, 0.29) is 17.1 Å². The Morgan fingerprint density at radius 2 is 2.00 bits per heavy atom. The summed E-state index contributed by atoms with van der Waals surface area (Å²) >= 11 is 1.76. The normalized spacial score (nSPS) is 29.1. The Hall–Kier alpha value is -1.86. The zero-order chi connectivity index (χ0) is 19.0. The van der Waals surface area contributed by atoms with Crippen LogP contribution in [0.5, 0.6) is 0 Å². The summed E-state index contributed by atoms with van der Waals surface area (Å²) in [6, 6.07) is 1.13. The van der Waals surface area contributed by atoms with E-state index in [9.17, 15) is 4.79 Å². The second kappa shape index (κ2) is 7.64.